The van der Waals surface area contributed by atoms with E-state index < -0.39 is 0 Å². The lowest BCUT2D eigenvalue weighted by atomic mass is 10.0. The molecule has 94 valence electrons. The van der Waals surface area contributed by atoms with Gasteiger partial charge in [0.25, 0.3) is 0 Å². The Labute approximate surface area is 104 Å². The summed E-state index contributed by atoms with van der Waals surface area (Å²) in [4.78, 5) is 0. The average molecular weight is 233 g/mol. The molecule has 0 amide bonds. The molecule has 2 rings (SSSR count). The van der Waals surface area contributed by atoms with Crippen LogP contribution in [0.4, 0.5) is 0 Å². The molecule has 0 radical (unpaired) electrons. The molecule has 0 aromatic heterocycles. The van der Waals surface area contributed by atoms with E-state index in [1.54, 1.807) is 0 Å². The van der Waals surface area contributed by atoms with Gasteiger partial charge in [0.2, 0.25) is 0 Å². The van der Waals surface area contributed by atoms with Crippen LogP contribution < -0.4 is 10.1 Å². The summed E-state index contributed by atoms with van der Waals surface area (Å²) in [5.74, 6) is 1.76. The van der Waals surface area contributed by atoms with Gasteiger partial charge in [0.05, 0.1) is 6.61 Å². The van der Waals surface area contributed by atoms with Crippen LogP contribution in [0.15, 0.2) is 24.3 Å². The van der Waals surface area contributed by atoms with Gasteiger partial charge in [-0.1, -0.05) is 31.5 Å². The third kappa shape index (κ3) is 3.74. The van der Waals surface area contributed by atoms with Crippen molar-refractivity contribution in [2.45, 2.75) is 32.6 Å². The van der Waals surface area contributed by atoms with Gasteiger partial charge in [-0.25, -0.2) is 0 Å². The normalized spacial score (nSPS) is 20.2. The van der Waals surface area contributed by atoms with E-state index in [0.29, 0.717) is 5.92 Å². The van der Waals surface area contributed by atoms with Crippen LogP contribution in [-0.2, 0) is 6.42 Å². The highest BCUT2D eigenvalue weighted by Crippen LogP contribution is 2.21. The molecule has 1 aliphatic rings. The third-order valence-electron chi connectivity index (χ3n) is 3.37. The molecule has 1 aliphatic heterocycles. The number of hydrogen-bond acceptors (Lipinski definition) is 2. The molecule has 0 bridgehead atoms. The predicted molar refractivity (Wildman–Crippen MR) is 71.5 cm³/mol. The monoisotopic (exact) mass is 233 g/mol. The second kappa shape index (κ2) is 6.65. The van der Waals surface area contributed by atoms with Crippen LogP contribution in [0.2, 0.25) is 0 Å². The summed E-state index contributed by atoms with van der Waals surface area (Å²) in [6.45, 7) is 5.34. The van der Waals surface area contributed by atoms with Gasteiger partial charge in [-0.2, -0.15) is 0 Å². The summed E-state index contributed by atoms with van der Waals surface area (Å²) in [7, 11) is 0. The Morgan fingerprint density at radius 3 is 3.00 bits per heavy atom. The standard InChI is InChI=1S/C15H23NO/c1-2-6-14-8-3-4-9-15(14)17-12-13-7-5-10-16-11-13/h3-4,8-9,13,16H,2,5-7,10-12H2,1H3/t13-/m1/s1. The van der Waals surface area contributed by atoms with Gasteiger partial charge < -0.3 is 10.1 Å². The molecule has 1 aromatic carbocycles. The molecule has 0 aliphatic carbocycles. The Balaban J connectivity index is 1.88. The van der Waals surface area contributed by atoms with Gasteiger partial charge in [0.1, 0.15) is 5.75 Å². The van der Waals surface area contributed by atoms with Crippen molar-refractivity contribution in [2.75, 3.05) is 19.7 Å². The largest absolute Gasteiger partial charge is 0.493 e. The van der Waals surface area contributed by atoms with Crippen LogP contribution in [0.3, 0.4) is 0 Å². The average Bonchev–Trinajstić information content (AvgIpc) is 2.39. The molecule has 2 heteroatoms. The van der Waals surface area contributed by atoms with Crippen molar-refractivity contribution < 1.29 is 4.74 Å². The first-order valence-electron chi connectivity index (χ1n) is 6.81. The summed E-state index contributed by atoms with van der Waals surface area (Å²) in [6, 6.07) is 8.44. The minimum absolute atomic E-state index is 0.679. The second-order valence-corrected chi connectivity index (χ2v) is 4.88. The molecular weight excluding hydrogens is 210 g/mol. The van der Waals surface area contributed by atoms with Gasteiger partial charge >= 0.3 is 0 Å². The van der Waals surface area contributed by atoms with Crippen molar-refractivity contribution >= 4 is 0 Å². The lowest BCUT2D eigenvalue weighted by molar-refractivity contribution is 0.217. The third-order valence-corrected chi connectivity index (χ3v) is 3.37. The van der Waals surface area contributed by atoms with Gasteiger partial charge in [-0.05, 0) is 37.4 Å². The zero-order valence-corrected chi connectivity index (χ0v) is 10.7. The van der Waals surface area contributed by atoms with Crippen molar-refractivity contribution in [3.63, 3.8) is 0 Å². The van der Waals surface area contributed by atoms with Crippen molar-refractivity contribution in [2.24, 2.45) is 5.92 Å². The number of rotatable bonds is 5. The van der Waals surface area contributed by atoms with Crippen molar-refractivity contribution in [3.8, 4) is 5.75 Å². The zero-order valence-electron chi connectivity index (χ0n) is 10.7. The molecular formula is C15H23NO. The number of para-hydroxylation sites is 1. The van der Waals surface area contributed by atoms with E-state index in [0.717, 1.165) is 25.3 Å². The Kier molecular flexibility index (Phi) is 4.87. The molecule has 2 nitrogen and oxygen atoms in total. The lowest BCUT2D eigenvalue weighted by Gasteiger charge is -2.23. The van der Waals surface area contributed by atoms with Gasteiger partial charge in [-0.15, -0.1) is 0 Å². The Morgan fingerprint density at radius 2 is 2.24 bits per heavy atom. The Bertz CT molecular complexity index is 331. The minimum Gasteiger partial charge on any atom is -0.493 e. The van der Waals surface area contributed by atoms with Gasteiger partial charge in [-0.3, -0.25) is 0 Å². The number of ether oxygens (including phenoxy) is 1. The minimum atomic E-state index is 0.679. The fourth-order valence-corrected chi connectivity index (χ4v) is 2.39. The van der Waals surface area contributed by atoms with E-state index in [2.05, 4.69) is 36.5 Å². The predicted octanol–water partition coefficient (Wildman–Crippen LogP) is 3.02. The highest BCUT2D eigenvalue weighted by molar-refractivity contribution is 5.33. The fraction of sp³-hybridized carbons (Fsp3) is 0.600. The molecule has 1 aromatic rings. The molecule has 0 saturated carbocycles. The SMILES string of the molecule is CCCc1ccccc1OC[C@@H]1CCCNC1. The maximum Gasteiger partial charge on any atom is 0.122 e. The Hall–Kier alpha value is -1.02. The van der Waals surface area contributed by atoms with Crippen LogP contribution >= 0.6 is 0 Å². The van der Waals surface area contributed by atoms with E-state index in [1.807, 2.05) is 0 Å². The number of aryl methyl sites for hydroxylation is 1. The number of hydrogen-bond donors (Lipinski definition) is 1. The van der Waals surface area contributed by atoms with E-state index in [4.69, 9.17) is 4.74 Å². The van der Waals surface area contributed by atoms with Crippen LogP contribution in [0.1, 0.15) is 31.7 Å². The Morgan fingerprint density at radius 1 is 1.35 bits per heavy atom. The number of benzene rings is 1. The van der Waals surface area contributed by atoms with Gasteiger partial charge in [0.15, 0.2) is 0 Å². The molecule has 1 heterocycles. The molecule has 1 N–H and O–H groups in total. The van der Waals surface area contributed by atoms with Crippen LogP contribution in [0.25, 0.3) is 0 Å². The highest BCUT2D eigenvalue weighted by Gasteiger charge is 2.14. The molecule has 17 heavy (non-hydrogen) atoms. The smallest absolute Gasteiger partial charge is 0.122 e. The fourth-order valence-electron chi connectivity index (χ4n) is 2.39. The van der Waals surface area contributed by atoms with Gasteiger partial charge in [0, 0.05) is 12.5 Å². The van der Waals surface area contributed by atoms with E-state index in [-0.39, 0.29) is 0 Å². The first-order valence-corrected chi connectivity index (χ1v) is 6.81. The molecule has 1 fully saturated rings. The first kappa shape index (κ1) is 12.4. The van der Waals surface area contributed by atoms with Crippen LogP contribution in [0.5, 0.6) is 5.75 Å². The lowest BCUT2D eigenvalue weighted by Crippen LogP contribution is -2.33. The topological polar surface area (TPSA) is 21.3 Å². The van der Waals surface area contributed by atoms with Crippen molar-refractivity contribution in [3.05, 3.63) is 29.8 Å². The molecule has 0 unspecified atom stereocenters. The summed E-state index contributed by atoms with van der Waals surface area (Å²) >= 11 is 0. The highest BCUT2D eigenvalue weighted by atomic mass is 16.5. The van der Waals surface area contributed by atoms with Crippen LogP contribution in [0, 0.1) is 5.92 Å². The second-order valence-electron chi connectivity index (χ2n) is 4.88. The maximum absolute atomic E-state index is 5.99. The maximum atomic E-state index is 5.99. The van der Waals surface area contributed by atoms with E-state index in [1.165, 1.54) is 31.4 Å². The van der Waals surface area contributed by atoms with E-state index >= 15 is 0 Å². The van der Waals surface area contributed by atoms with Crippen molar-refractivity contribution in [1.29, 1.82) is 0 Å². The first-order chi connectivity index (χ1) is 8.40. The number of nitrogens with one attached hydrogen (secondary N) is 1. The van der Waals surface area contributed by atoms with Crippen molar-refractivity contribution in [1.82, 2.24) is 5.32 Å². The molecule has 1 saturated heterocycles. The summed E-state index contributed by atoms with van der Waals surface area (Å²) < 4.78 is 5.99. The molecule has 1 atom stereocenters. The van der Waals surface area contributed by atoms with Crippen LogP contribution in [-0.4, -0.2) is 19.7 Å². The summed E-state index contributed by atoms with van der Waals surface area (Å²) in [5, 5.41) is 3.43. The number of piperidine rings is 1. The quantitative estimate of drug-likeness (QED) is 0.844. The summed E-state index contributed by atoms with van der Waals surface area (Å²) in [5.41, 5.74) is 1.35. The summed E-state index contributed by atoms with van der Waals surface area (Å²) in [6.07, 6.45) is 4.86. The zero-order chi connectivity index (χ0) is 11.9. The van der Waals surface area contributed by atoms with E-state index in [9.17, 15) is 0 Å². The molecule has 0 spiro atoms.